The van der Waals surface area contributed by atoms with Gasteiger partial charge in [-0.2, -0.15) is 18.2 Å². The van der Waals surface area contributed by atoms with E-state index in [9.17, 15) is 18.0 Å². The molecule has 0 spiro atoms. The maximum atomic E-state index is 13.8. The van der Waals surface area contributed by atoms with Gasteiger partial charge < -0.3 is 14.0 Å². The molecule has 0 saturated carbocycles. The molecule has 0 amide bonds. The Kier molecular flexibility index (Phi) is 6.26. The molecule has 13 heteroatoms. The number of anilines is 1. The van der Waals surface area contributed by atoms with Crippen LogP contribution < -0.4 is 15.2 Å². The maximum Gasteiger partial charge on any atom is 0.420 e. The molecule has 0 unspecified atom stereocenters. The monoisotopic (exact) mass is 555 g/mol. The molecule has 1 aliphatic rings. The third-order valence-electron chi connectivity index (χ3n) is 6.76. The van der Waals surface area contributed by atoms with Crippen molar-refractivity contribution in [1.29, 1.82) is 0 Å². The van der Waals surface area contributed by atoms with Crippen molar-refractivity contribution in [2.45, 2.75) is 19.6 Å². The van der Waals surface area contributed by atoms with Crippen LogP contribution in [-0.2, 0) is 12.7 Å². The van der Waals surface area contributed by atoms with Crippen molar-refractivity contribution >= 4 is 32.5 Å². The van der Waals surface area contributed by atoms with E-state index in [1.807, 2.05) is 12.1 Å². The Morgan fingerprint density at radius 3 is 2.49 bits per heavy atom. The minimum atomic E-state index is -4.64. The highest BCUT2D eigenvalue weighted by atomic mass is 32.1. The number of hydrogen-bond acceptors (Lipinski definition) is 8. The van der Waals surface area contributed by atoms with E-state index in [0.717, 1.165) is 49.1 Å². The van der Waals surface area contributed by atoms with Crippen LogP contribution in [0.4, 0.5) is 18.3 Å². The number of halogens is 3. The lowest BCUT2D eigenvalue weighted by Gasteiger charge is -2.34. The molecule has 1 saturated heterocycles. The Morgan fingerprint density at radius 1 is 1.05 bits per heavy atom. The standard InChI is InChI=1S/C26H24F3N7O2S/c1-16-12-35-14-18(11-20(23(35)31-16)26(27,28)29)36-15-30-22-21(24(36)37)39-25(32-22)34-9-7-33(8-10-34)13-17-3-5-19(38-2)6-4-17/h3-6,11-12,14-15H,7-10,13H2,1-2H3. The van der Waals surface area contributed by atoms with Gasteiger partial charge >= 0.3 is 6.18 Å². The van der Waals surface area contributed by atoms with Gasteiger partial charge in [-0.05, 0) is 30.7 Å². The fraction of sp³-hybridized carbons (Fsp3) is 0.308. The molecule has 1 aromatic carbocycles. The van der Waals surface area contributed by atoms with Crippen LogP contribution in [0.15, 0.2) is 53.8 Å². The van der Waals surface area contributed by atoms with Gasteiger partial charge in [0.15, 0.2) is 10.8 Å². The second-order valence-electron chi connectivity index (χ2n) is 9.40. The number of methoxy groups -OCH3 is 1. The molecule has 6 rings (SSSR count). The first-order valence-electron chi connectivity index (χ1n) is 12.2. The molecule has 0 radical (unpaired) electrons. The first-order chi connectivity index (χ1) is 18.7. The molecular weight excluding hydrogens is 531 g/mol. The molecule has 5 heterocycles. The predicted molar refractivity (Wildman–Crippen MR) is 142 cm³/mol. The molecule has 0 atom stereocenters. The summed E-state index contributed by atoms with van der Waals surface area (Å²) in [5.74, 6) is 0.824. The lowest BCUT2D eigenvalue weighted by atomic mass is 10.2. The van der Waals surface area contributed by atoms with Gasteiger partial charge in [0.2, 0.25) is 0 Å². The summed E-state index contributed by atoms with van der Waals surface area (Å²) in [6.45, 7) is 5.55. The Hall–Kier alpha value is -3.97. The molecule has 0 bridgehead atoms. The minimum absolute atomic E-state index is 0.0497. The largest absolute Gasteiger partial charge is 0.497 e. The molecule has 0 aliphatic carbocycles. The number of pyridine rings is 1. The number of benzene rings is 1. The Bertz CT molecular complexity index is 1720. The number of hydrogen-bond donors (Lipinski definition) is 0. The van der Waals surface area contributed by atoms with Gasteiger partial charge in [0, 0.05) is 45.1 Å². The zero-order valence-corrected chi connectivity index (χ0v) is 22.0. The molecule has 5 aromatic rings. The highest BCUT2D eigenvalue weighted by Gasteiger charge is 2.35. The van der Waals surface area contributed by atoms with Crippen molar-refractivity contribution in [1.82, 2.24) is 28.8 Å². The number of thiazole rings is 1. The number of nitrogens with zero attached hydrogens (tertiary/aromatic N) is 7. The summed E-state index contributed by atoms with van der Waals surface area (Å²) in [4.78, 5) is 30.7. The molecule has 1 fully saturated rings. The topological polar surface area (TPSA) is 80.8 Å². The van der Waals surface area contributed by atoms with Gasteiger partial charge in [-0.3, -0.25) is 14.3 Å². The van der Waals surface area contributed by atoms with Crippen molar-refractivity contribution in [2.24, 2.45) is 0 Å². The van der Waals surface area contributed by atoms with Gasteiger partial charge in [-0.1, -0.05) is 23.5 Å². The van der Waals surface area contributed by atoms with E-state index < -0.39 is 17.3 Å². The normalized spacial score (nSPS) is 14.9. The van der Waals surface area contributed by atoms with Crippen LogP contribution >= 0.6 is 11.3 Å². The lowest BCUT2D eigenvalue weighted by Crippen LogP contribution is -2.45. The number of rotatable bonds is 5. The number of alkyl halides is 3. The molecule has 9 nitrogen and oxygen atoms in total. The van der Waals surface area contributed by atoms with Gasteiger partial charge in [0.25, 0.3) is 5.56 Å². The average molecular weight is 556 g/mol. The number of fused-ring (bicyclic) bond motifs is 2. The Labute approximate surface area is 224 Å². The lowest BCUT2D eigenvalue weighted by molar-refractivity contribution is -0.136. The van der Waals surface area contributed by atoms with Crippen molar-refractivity contribution in [3.8, 4) is 11.4 Å². The van der Waals surface area contributed by atoms with E-state index in [1.54, 1.807) is 14.0 Å². The van der Waals surface area contributed by atoms with Crippen LogP contribution in [-0.4, -0.2) is 62.1 Å². The molecule has 1 aliphatic heterocycles. The van der Waals surface area contributed by atoms with Gasteiger partial charge in [-0.25, -0.2) is 9.97 Å². The zero-order valence-electron chi connectivity index (χ0n) is 21.1. The van der Waals surface area contributed by atoms with Crippen LogP contribution in [0.5, 0.6) is 5.75 Å². The van der Waals surface area contributed by atoms with E-state index in [0.29, 0.717) is 15.5 Å². The van der Waals surface area contributed by atoms with Crippen LogP contribution in [0.25, 0.3) is 21.7 Å². The first-order valence-corrected chi connectivity index (χ1v) is 13.1. The van der Waals surface area contributed by atoms with Gasteiger partial charge in [-0.15, -0.1) is 0 Å². The van der Waals surface area contributed by atoms with Gasteiger partial charge in [0.1, 0.15) is 28.0 Å². The second kappa shape index (κ2) is 9.65. The maximum absolute atomic E-state index is 13.8. The number of piperazine rings is 1. The number of aryl methyl sites for hydroxylation is 1. The third kappa shape index (κ3) is 4.83. The van der Waals surface area contributed by atoms with E-state index in [1.165, 1.54) is 40.0 Å². The quantitative estimate of drug-likeness (QED) is 0.322. The number of imidazole rings is 1. The SMILES string of the molecule is COc1ccc(CN2CCN(c3nc4ncn(-c5cc(C(F)(F)F)c6nc(C)cn6c5)c(=O)c4s3)CC2)cc1. The first kappa shape index (κ1) is 25.3. The fourth-order valence-corrected chi connectivity index (χ4v) is 5.76. The van der Waals surface area contributed by atoms with Crippen LogP contribution in [0.3, 0.4) is 0 Å². The van der Waals surface area contributed by atoms with E-state index in [2.05, 4.69) is 36.9 Å². The highest BCUT2D eigenvalue weighted by molar-refractivity contribution is 7.22. The Balaban J connectivity index is 1.25. The molecule has 202 valence electrons. The summed E-state index contributed by atoms with van der Waals surface area (Å²) in [5, 5.41) is 0.674. The summed E-state index contributed by atoms with van der Waals surface area (Å²) < 4.78 is 49.3. The van der Waals surface area contributed by atoms with E-state index >= 15 is 0 Å². The second-order valence-corrected chi connectivity index (χ2v) is 10.4. The summed E-state index contributed by atoms with van der Waals surface area (Å²) in [6.07, 6.45) is -0.469. The van der Waals surface area contributed by atoms with Crippen molar-refractivity contribution in [3.05, 3.63) is 76.2 Å². The van der Waals surface area contributed by atoms with E-state index in [-0.39, 0.29) is 17.0 Å². The molecule has 4 aromatic heterocycles. The van der Waals surface area contributed by atoms with Crippen LogP contribution in [0.2, 0.25) is 0 Å². The number of ether oxygens (including phenoxy) is 1. The van der Waals surface area contributed by atoms with Crippen molar-refractivity contribution in [2.75, 3.05) is 38.2 Å². The zero-order chi connectivity index (χ0) is 27.3. The van der Waals surface area contributed by atoms with E-state index in [4.69, 9.17) is 4.74 Å². The summed E-state index contributed by atoms with van der Waals surface area (Å²) in [7, 11) is 1.64. The molecule has 0 N–H and O–H groups in total. The average Bonchev–Trinajstić information content (AvgIpc) is 3.52. The van der Waals surface area contributed by atoms with Crippen molar-refractivity contribution in [3.63, 3.8) is 0 Å². The fourth-order valence-electron chi connectivity index (χ4n) is 4.75. The summed E-state index contributed by atoms with van der Waals surface area (Å²) in [6, 6.07) is 8.94. The number of aromatic nitrogens is 5. The third-order valence-corrected chi connectivity index (χ3v) is 7.85. The summed E-state index contributed by atoms with van der Waals surface area (Å²) >= 11 is 1.21. The van der Waals surface area contributed by atoms with Gasteiger partial charge in [0.05, 0.1) is 18.5 Å². The highest BCUT2D eigenvalue weighted by Crippen LogP contribution is 2.34. The summed E-state index contributed by atoms with van der Waals surface area (Å²) in [5.41, 5.74) is 0.378. The molecule has 39 heavy (non-hydrogen) atoms. The van der Waals surface area contributed by atoms with Crippen LogP contribution in [0.1, 0.15) is 16.8 Å². The van der Waals surface area contributed by atoms with Crippen LogP contribution in [0, 0.1) is 6.92 Å². The molecular formula is C26H24F3N7O2S. The van der Waals surface area contributed by atoms with Crippen molar-refractivity contribution < 1.29 is 17.9 Å². The predicted octanol–water partition coefficient (Wildman–Crippen LogP) is 4.15. The minimum Gasteiger partial charge on any atom is -0.497 e. The Morgan fingerprint density at radius 2 is 1.79 bits per heavy atom. The smallest absolute Gasteiger partial charge is 0.420 e.